The van der Waals surface area contributed by atoms with Crippen molar-refractivity contribution in [3.05, 3.63) is 56.7 Å². The van der Waals surface area contributed by atoms with Gasteiger partial charge in [0.1, 0.15) is 10.6 Å². The number of furan rings is 1. The van der Waals surface area contributed by atoms with Gasteiger partial charge in [-0.05, 0) is 38.5 Å². The molecular formula is C22H24N4O5S2. The first-order valence-electron chi connectivity index (χ1n) is 10.6. The minimum absolute atomic E-state index is 0.155. The van der Waals surface area contributed by atoms with Crippen LogP contribution < -0.4 is 16.2 Å². The maximum absolute atomic E-state index is 13.3. The van der Waals surface area contributed by atoms with Crippen molar-refractivity contribution in [2.45, 2.75) is 44.9 Å². The molecule has 33 heavy (non-hydrogen) atoms. The lowest BCUT2D eigenvalue weighted by molar-refractivity contribution is -0.138. The summed E-state index contributed by atoms with van der Waals surface area (Å²) in [6.07, 6.45) is 2.37. The summed E-state index contributed by atoms with van der Waals surface area (Å²) in [5, 5.41) is 6.44. The third kappa shape index (κ3) is 4.83. The molecule has 1 atom stereocenters. The molecule has 4 heterocycles. The average Bonchev–Trinajstić information content (AvgIpc) is 3.44. The molecule has 2 N–H and O–H groups in total. The van der Waals surface area contributed by atoms with Gasteiger partial charge in [0.2, 0.25) is 0 Å². The van der Waals surface area contributed by atoms with Gasteiger partial charge in [0.15, 0.2) is 5.16 Å². The number of thioether (sulfide) groups is 1. The fraction of sp³-hybridized carbons (Fsp3) is 0.364. The Morgan fingerprint density at radius 2 is 2.18 bits per heavy atom. The van der Waals surface area contributed by atoms with Crippen LogP contribution in [0.15, 0.2) is 50.1 Å². The summed E-state index contributed by atoms with van der Waals surface area (Å²) in [5.74, 6) is 0.366. The molecule has 0 fully saturated rings. The zero-order chi connectivity index (χ0) is 23.5. The first-order chi connectivity index (χ1) is 15.9. The van der Waals surface area contributed by atoms with Crippen LogP contribution in [0.3, 0.4) is 0 Å². The molecule has 2 amide bonds. The van der Waals surface area contributed by atoms with E-state index in [0.29, 0.717) is 32.4 Å². The molecule has 0 aromatic carbocycles. The zero-order valence-corrected chi connectivity index (χ0v) is 20.1. The Morgan fingerprint density at radius 1 is 1.36 bits per heavy atom. The molecule has 0 spiro atoms. The number of rotatable bonds is 8. The summed E-state index contributed by atoms with van der Waals surface area (Å²) >= 11 is 2.76. The smallest absolute Gasteiger partial charge is 0.337 e. The van der Waals surface area contributed by atoms with Crippen molar-refractivity contribution in [2.75, 3.05) is 12.4 Å². The van der Waals surface area contributed by atoms with Crippen LogP contribution in [0.25, 0.3) is 10.2 Å². The largest absolute Gasteiger partial charge is 0.467 e. The Bertz CT molecular complexity index is 1280. The molecule has 174 valence electrons. The molecule has 0 aliphatic carbocycles. The number of amides is 2. The second kappa shape index (κ2) is 9.84. The van der Waals surface area contributed by atoms with Crippen LogP contribution in [0.5, 0.6) is 0 Å². The molecule has 0 saturated carbocycles. The lowest BCUT2D eigenvalue weighted by Gasteiger charge is -2.26. The Hall–Kier alpha value is -3.05. The molecule has 3 aromatic rings. The van der Waals surface area contributed by atoms with Crippen LogP contribution in [0, 0.1) is 0 Å². The van der Waals surface area contributed by atoms with Gasteiger partial charge in [0.25, 0.3) is 5.56 Å². The summed E-state index contributed by atoms with van der Waals surface area (Å²) in [7, 11) is 0. The Labute approximate surface area is 198 Å². The number of hydrogen-bond acceptors (Lipinski definition) is 8. The summed E-state index contributed by atoms with van der Waals surface area (Å²) < 4.78 is 12.2. The second-order valence-corrected chi connectivity index (χ2v) is 9.43. The van der Waals surface area contributed by atoms with Gasteiger partial charge in [0, 0.05) is 16.3 Å². The highest BCUT2D eigenvalue weighted by molar-refractivity contribution is 7.99. The number of esters is 1. The fourth-order valence-electron chi connectivity index (χ4n) is 3.56. The van der Waals surface area contributed by atoms with Crippen LogP contribution in [-0.2, 0) is 22.5 Å². The standard InChI is InChI=1S/C22H24N4O5S2/c1-4-14-9-15-18(33-14)25-22(26(19(15)27)10-13-7-6-8-31-13)32-11-16-17(20(28)30-5-2)12(3)23-21(29)24-16/h6-9,12H,4-5,10-11H2,1-3H3,(H2,23,24,29)/t12-/m1/s1. The molecule has 0 radical (unpaired) electrons. The van der Waals surface area contributed by atoms with E-state index in [9.17, 15) is 14.4 Å². The maximum atomic E-state index is 13.3. The van der Waals surface area contributed by atoms with E-state index in [2.05, 4.69) is 10.6 Å². The summed E-state index contributed by atoms with van der Waals surface area (Å²) in [6.45, 7) is 5.94. The number of aryl methyl sites for hydroxylation is 1. The number of nitrogens with zero attached hydrogens (tertiary/aromatic N) is 2. The van der Waals surface area contributed by atoms with E-state index in [0.717, 1.165) is 11.3 Å². The van der Waals surface area contributed by atoms with Crippen LogP contribution in [0.1, 0.15) is 31.4 Å². The van der Waals surface area contributed by atoms with E-state index in [1.807, 2.05) is 13.0 Å². The Balaban J connectivity index is 1.73. The quantitative estimate of drug-likeness (QED) is 0.284. The number of aromatic nitrogens is 2. The van der Waals surface area contributed by atoms with Gasteiger partial charge in [-0.1, -0.05) is 18.7 Å². The highest BCUT2D eigenvalue weighted by Gasteiger charge is 2.30. The number of hydrogen-bond donors (Lipinski definition) is 2. The number of fused-ring (bicyclic) bond motifs is 1. The summed E-state index contributed by atoms with van der Waals surface area (Å²) in [6, 6.07) is 4.55. The van der Waals surface area contributed by atoms with E-state index < -0.39 is 18.0 Å². The number of carbonyl (C=O) groups excluding carboxylic acids is 2. The van der Waals surface area contributed by atoms with E-state index >= 15 is 0 Å². The first kappa shape index (κ1) is 23.1. The van der Waals surface area contributed by atoms with Gasteiger partial charge >= 0.3 is 12.0 Å². The normalized spacial score (nSPS) is 16.1. The summed E-state index contributed by atoms with van der Waals surface area (Å²) in [5.41, 5.74) is 0.639. The molecule has 3 aromatic heterocycles. The third-order valence-electron chi connectivity index (χ3n) is 5.12. The number of nitrogens with one attached hydrogen (secondary N) is 2. The van der Waals surface area contributed by atoms with Gasteiger partial charge in [-0.15, -0.1) is 11.3 Å². The van der Waals surface area contributed by atoms with E-state index in [-0.39, 0.29) is 24.5 Å². The molecule has 4 rings (SSSR count). The Kier molecular flexibility index (Phi) is 6.89. The van der Waals surface area contributed by atoms with Gasteiger partial charge in [0.05, 0.1) is 36.4 Å². The molecule has 1 aliphatic heterocycles. The maximum Gasteiger partial charge on any atom is 0.337 e. The third-order valence-corrected chi connectivity index (χ3v) is 7.30. The van der Waals surface area contributed by atoms with Gasteiger partial charge < -0.3 is 19.8 Å². The van der Waals surface area contributed by atoms with Crippen molar-refractivity contribution >= 4 is 45.3 Å². The lowest BCUT2D eigenvalue weighted by Crippen LogP contribution is -2.49. The van der Waals surface area contributed by atoms with Gasteiger partial charge in [-0.25, -0.2) is 14.6 Å². The predicted octanol–water partition coefficient (Wildman–Crippen LogP) is 3.27. The molecule has 1 aliphatic rings. The van der Waals surface area contributed by atoms with Crippen LogP contribution in [0.2, 0.25) is 0 Å². The highest BCUT2D eigenvalue weighted by atomic mass is 32.2. The Morgan fingerprint density at radius 3 is 2.88 bits per heavy atom. The number of thiophene rings is 1. The average molecular weight is 489 g/mol. The fourth-order valence-corrected chi connectivity index (χ4v) is 5.54. The van der Waals surface area contributed by atoms with Crippen molar-refractivity contribution in [1.29, 1.82) is 0 Å². The molecule has 0 unspecified atom stereocenters. The van der Waals surface area contributed by atoms with Crippen molar-refractivity contribution in [1.82, 2.24) is 20.2 Å². The molecule has 9 nitrogen and oxygen atoms in total. The first-order valence-corrected chi connectivity index (χ1v) is 12.4. The van der Waals surface area contributed by atoms with Crippen LogP contribution >= 0.6 is 23.1 Å². The lowest BCUT2D eigenvalue weighted by atomic mass is 10.1. The van der Waals surface area contributed by atoms with E-state index in [1.165, 1.54) is 23.1 Å². The second-order valence-electron chi connectivity index (χ2n) is 7.37. The number of ether oxygens (including phenoxy) is 1. The molecule has 11 heteroatoms. The van der Waals surface area contributed by atoms with E-state index in [1.54, 1.807) is 36.8 Å². The summed E-state index contributed by atoms with van der Waals surface area (Å²) in [4.78, 5) is 44.4. The SMILES string of the molecule is CCOC(=O)C1=C(CSc2nc3sc(CC)cc3c(=O)n2Cc2ccco2)NC(=O)N[C@@H]1C. The van der Waals surface area contributed by atoms with Crippen LogP contribution in [-0.4, -0.2) is 40.0 Å². The van der Waals surface area contributed by atoms with Gasteiger partial charge in [-0.2, -0.15) is 0 Å². The van der Waals surface area contributed by atoms with Crippen molar-refractivity contribution in [2.24, 2.45) is 0 Å². The monoisotopic (exact) mass is 488 g/mol. The van der Waals surface area contributed by atoms with Crippen molar-refractivity contribution in [3.8, 4) is 0 Å². The van der Waals surface area contributed by atoms with Crippen molar-refractivity contribution < 1.29 is 18.7 Å². The predicted molar refractivity (Wildman–Crippen MR) is 127 cm³/mol. The number of carbonyl (C=O) groups is 2. The number of urea groups is 1. The topological polar surface area (TPSA) is 115 Å². The zero-order valence-electron chi connectivity index (χ0n) is 18.5. The molecule has 0 saturated heterocycles. The minimum atomic E-state index is -0.501. The van der Waals surface area contributed by atoms with E-state index in [4.69, 9.17) is 14.1 Å². The highest BCUT2D eigenvalue weighted by Crippen LogP contribution is 2.27. The van der Waals surface area contributed by atoms with Crippen molar-refractivity contribution in [3.63, 3.8) is 0 Å². The molecule has 0 bridgehead atoms. The van der Waals surface area contributed by atoms with Crippen LogP contribution in [0.4, 0.5) is 4.79 Å². The van der Waals surface area contributed by atoms with Gasteiger partial charge in [-0.3, -0.25) is 9.36 Å². The minimum Gasteiger partial charge on any atom is -0.467 e. The molecular weight excluding hydrogens is 464 g/mol.